The number of aliphatic imine (C=N–C) groups is 1. The van der Waals surface area contributed by atoms with E-state index in [1.807, 2.05) is 13.8 Å². The molecular formula is C86H153N23O23. The van der Waals surface area contributed by atoms with Crippen molar-refractivity contribution in [2.75, 3.05) is 26.2 Å². The lowest BCUT2D eigenvalue weighted by Gasteiger charge is -2.31. The fourth-order valence-corrected chi connectivity index (χ4v) is 13.4. The average molecular weight is 1880 g/mol. The van der Waals surface area contributed by atoms with E-state index in [-0.39, 0.29) is 153 Å². The van der Waals surface area contributed by atoms with Crippen molar-refractivity contribution < 1.29 is 112 Å². The monoisotopic (exact) mass is 1880 g/mol. The first-order valence-electron chi connectivity index (χ1n) is 45.3. The molecule has 0 saturated heterocycles. The summed E-state index contributed by atoms with van der Waals surface area (Å²) in [5.74, 6) is -21.8. The number of aliphatic carboxylic acids is 2. The highest BCUT2D eigenvalue weighted by atomic mass is 16.4. The van der Waals surface area contributed by atoms with E-state index >= 15 is 0 Å². The Bertz CT molecular complexity index is 3810. The van der Waals surface area contributed by atoms with Crippen molar-refractivity contribution in [2.24, 2.45) is 74.7 Å². The topological polar surface area (TPSA) is 780 Å². The summed E-state index contributed by atoms with van der Waals surface area (Å²) in [6.07, 6.45) is 0.774. The maximum Gasteiger partial charge on any atom is 0.326 e. The fourth-order valence-electron chi connectivity index (χ4n) is 13.4. The minimum Gasteiger partial charge on any atom is -0.481 e. The predicted molar refractivity (Wildman–Crippen MR) is 489 cm³/mol. The number of carboxylic acids is 2. The summed E-state index contributed by atoms with van der Waals surface area (Å²) in [6, 6.07) is -24.6. The quantitative estimate of drug-likeness (QED) is 0.0118. The molecule has 17 amide bonds. The predicted octanol–water partition coefficient (Wildman–Crippen LogP) is -4.68. The molecular weight excluding hydrogens is 1720 g/mol. The first kappa shape index (κ1) is 120. The molecule has 0 aliphatic carbocycles. The van der Waals surface area contributed by atoms with Gasteiger partial charge in [-0.2, -0.15) is 0 Å². The number of carboxylic acid groups (broad SMARTS) is 2. The molecule has 750 valence electrons. The van der Waals surface area contributed by atoms with Gasteiger partial charge in [0.05, 0.1) is 25.2 Å². The summed E-state index contributed by atoms with van der Waals surface area (Å²) < 4.78 is 0. The minimum atomic E-state index is -2.02. The summed E-state index contributed by atoms with van der Waals surface area (Å²) in [7, 11) is 0. The van der Waals surface area contributed by atoms with E-state index in [0.717, 1.165) is 6.92 Å². The lowest BCUT2D eigenvalue weighted by atomic mass is 9.94. The molecule has 0 aromatic rings. The van der Waals surface area contributed by atoms with E-state index < -0.39 is 259 Å². The number of amides is 17. The molecule has 132 heavy (non-hydrogen) atoms. The van der Waals surface area contributed by atoms with Gasteiger partial charge < -0.3 is 140 Å². The smallest absolute Gasteiger partial charge is 0.326 e. The maximum atomic E-state index is 14.7. The number of primary amides is 2. The average Bonchev–Trinajstić information content (AvgIpc) is 0.834. The standard InChI is InChI=1S/C86H153N23O23/c1-15-19-21-28-53(100-81(127)63(44-110)106-80(126)61(43-65(91)113)104-84(130)69(51(14)111)109-78(124)56(29-22-20-16-2)99-72(118)54(30-23-25-37-87)98-75(121)59(34-36-66(114)115)97-71(117)52(89)40-45(5)6)74(120)103-60(41-46(7)8)79(125)95-50(13)70(116)96-55(31-24-26-38-88)77(123)107-68(49(12)18-4)83(129)108-67(48(11)17-3)82(128)102-57(32-27-39-94-86(92)93)73(119)101-58(33-35-64(90)112)76(122)105-62(85(131)132)42-47(9)10/h15-16,45-63,67-69,110-111H,1-2,17-44,87-89H2,3-14H3,(H2,90,112)(H2,91,113)(H,95,125)(H,96,116)(H,97,117)(H,98,121)(H,99,118)(H,100,127)(H,101,119)(H,102,128)(H,103,120)(H,104,130)(H,105,122)(H,106,126)(H,107,123)(H,108,129)(H,109,124)(H,114,115)(H,131,132)(H4,92,93,94)/t48-,49-,50-,51+,52-,53-,54-,55-,56-,57-,58-,59-,60-,61-,62-,63-,67-,68-,69-/m0/s1. The van der Waals surface area contributed by atoms with Crippen LogP contribution >= 0.6 is 0 Å². The SMILES string of the molecule is C=CCCC[C@H](NC(=O)[C@H](CO)NC(=O)[C@H](CC(N)=O)NC(=O)[C@@H](NC(=O)[C@H](CCCC=C)NC(=O)[C@H](CCCCN)NC(=O)[C@H](CCC(=O)O)NC(=O)[C@@H](N)CC(C)C)[C@@H](C)O)C(=O)N[C@@H](CC(C)C)C(=O)N[C@@H](C)C(=O)N[C@@H](CCCCN)C(=O)N[C@H](C(=O)N[C@H](C(=O)N[C@@H](CCCN=C(N)N)C(=O)N[C@@H](CCC(N)=O)C(=O)N[C@@H](CC(C)C)C(=O)O)[C@@H](C)CC)[C@@H](C)CC. The zero-order valence-electron chi connectivity index (χ0n) is 78.6. The normalized spacial score (nSPS) is 15.5. The van der Waals surface area contributed by atoms with Crippen molar-refractivity contribution >= 4 is 118 Å². The molecule has 19 atom stereocenters. The molecule has 0 rings (SSSR count). The fraction of sp³-hybridized carbons (Fsp3) is 0.721. The Morgan fingerprint density at radius 3 is 1.05 bits per heavy atom. The summed E-state index contributed by atoms with van der Waals surface area (Å²) in [5, 5.41) is 78.6. The number of carbonyl (C=O) groups is 19. The third-order valence-corrected chi connectivity index (χ3v) is 21.4. The van der Waals surface area contributed by atoms with Gasteiger partial charge in [-0.3, -0.25) is 91.3 Å². The van der Waals surface area contributed by atoms with Gasteiger partial charge in [-0.1, -0.05) is 94.2 Å². The third-order valence-electron chi connectivity index (χ3n) is 21.4. The number of unbranched alkanes of at least 4 members (excludes halogenated alkanes) is 4. The van der Waals surface area contributed by atoms with Gasteiger partial charge >= 0.3 is 11.9 Å². The van der Waals surface area contributed by atoms with Gasteiger partial charge in [-0.05, 0) is 179 Å². The van der Waals surface area contributed by atoms with Gasteiger partial charge in [0, 0.05) is 19.4 Å². The second-order valence-electron chi connectivity index (χ2n) is 34.5. The first-order chi connectivity index (χ1) is 62.0. The van der Waals surface area contributed by atoms with Crippen LogP contribution in [0.25, 0.3) is 0 Å². The molecule has 0 fully saturated rings. The van der Waals surface area contributed by atoms with Crippen LogP contribution in [-0.2, 0) is 91.1 Å². The van der Waals surface area contributed by atoms with Crippen molar-refractivity contribution in [3.8, 4) is 0 Å². The van der Waals surface area contributed by atoms with E-state index in [4.69, 9.17) is 40.1 Å². The van der Waals surface area contributed by atoms with E-state index in [0.29, 0.717) is 19.3 Å². The largest absolute Gasteiger partial charge is 0.481 e. The number of aliphatic hydroxyl groups is 2. The highest BCUT2D eigenvalue weighted by Crippen LogP contribution is 2.19. The molecule has 0 heterocycles. The van der Waals surface area contributed by atoms with Crippen LogP contribution in [0.4, 0.5) is 0 Å². The Balaban J connectivity index is 7.16. The number of hydrogen-bond donors (Lipinski definition) is 26. The van der Waals surface area contributed by atoms with Crippen LogP contribution in [0.2, 0.25) is 0 Å². The van der Waals surface area contributed by atoms with Gasteiger partial charge in [0.25, 0.3) is 0 Å². The molecule has 0 radical (unpaired) electrons. The molecule has 0 unspecified atom stereocenters. The lowest BCUT2D eigenvalue weighted by Crippen LogP contribution is -2.62. The van der Waals surface area contributed by atoms with Gasteiger partial charge in [0.15, 0.2) is 5.96 Å². The number of hydrogen-bond acceptors (Lipinski definition) is 25. The zero-order valence-corrected chi connectivity index (χ0v) is 78.6. The van der Waals surface area contributed by atoms with E-state index in [9.17, 15) is 112 Å². The number of carbonyl (C=O) groups excluding carboxylic acids is 17. The lowest BCUT2D eigenvalue weighted by molar-refractivity contribution is -0.143. The Labute approximate surface area is 772 Å². The highest BCUT2D eigenvalue weighted by Gasteiger charge is 2.41. The van der Waals surface area contributed by atoms with Crippen molar-refractivity contribution in [3.05, 3.63) is 25.3 Å². The third kappa shape index (κ3) is 48.6. The van der Waals surface area contributed by atoms with Crippen LogP contribution in [0.5, 0.6) is 0 Å². The highest BCUT2D eigenvalue weighted by molar-refractivity contribution is 6.02. The summed E-state index contributed by atoms with van der Waals surface area (Å²) in [6.45, 7) is 26.1. The molecule has 0 aliphatic rings. The summed E-state index contributed by atoms with van der Waals surface area (Å²) in [4.78, 5) is 265. The van der Waals surface area contributed by atoms with Crippen molar-refractivity contribution in [1.82, 2.24) is 79.8 Å². The molecule has 0 bridgehead atoms. The van der Waals surface area contributed by atoms with Gasteiger partial charge in [-0.25, -0.2) is 4.79 Å². The van der Waals surface area contributed by atoms with Crippen molar-refractivity contribution in [3.63, 3.8) is 0 Å². The molecule has 0 aliphatic heterocycles. The molecule has 0 spiro atoms. The summed E-state index contributed by atoms with van der Waals surface area (Å²) >= 11 is 0. The number of nitrogens with two attached hydrogens (primary N) is 7. The number of aliphatic hydroxyl groups excluding tert-OH is 2. The molecule has 33 N–H and O–H groups in total. The molecule has 0 aromatic heterocycles. The van der Waals surface area contributed by atoms with E-state index in [1.165, 1.54) is 19.1 Å². The van der Waals surface area contributed by atoms with Crippen LogP contribution in [-0.4, -0.2) is 268 Å². The number of guanidine groups is 1. The number of rotatable bonds is 71. The second-order valence-corrected chi connectivity index (χ2v) is 34.5. The molecule has 0 aromatic carbocycles. The number of nitrogens with one attached hydrogen (secondary N) is 15. The van der Waals surface area contributed by atoms with Gasteiger partial charge in [-0.15, -0.1) is 13.2 Å². The maximum absolute atomic E-state index is 14.7. The number of nitrogens with zero attached hydrogens (tertiary/aromatic N) is 1. The van der Waals surface area contributed by atoms with Crippen LogP contribution in [0.15, 0.2) is 30.3 Å². The van der Waals surface area contributed by atoms with E-state index in [2.05, 4.69) is 97.9 Å². The van der Waals surface area contributed by atoms with E-state index in [1.54, 1.807) is 55.4 Å². The Morgan fingerprint density at radius 2 is 0.667 bits per heavy atom. The van der Waals surface area contributed by atoms with Crippen molar-refractivity contribution in [2.45, 2.75) is 340 Å². The molecule has 0 saturated carbocycles. The Morgan fingerprint density at radius 1 is 0.348 bits per heavy atom. The number of allylic oxidation sites excluding steroid dienone is 2. The Hall–Kier alpha value is -11.5. The molecule has 46 heteroatoms. The van der Waals surface area contributed by atoms with Crippen molar-refractivity contribution in [1.29, 1.82) is 0 Å². The zero-order chi connectivity index (χ0) is 101. The van der Waals surface area contributed by atoms with Crippen LogP contribution < -0.4 is 120 Å². The summed E-state index contributed by atoms with van der Waals surface area (Å²) in [5.41, 5.74) is 39.7. The first-order valence-corrected chi connectivity index (χ1v) is 45.3. The molecule has 46 nitrogen and oxygen atoms in total. The van der Waals surface area contributed by atoms with Gasteiger partial charge in [0.1, 0.15) is 90.6 Å². The second kappa shape index (κ2) is 65.1. The van der Waals surface area contributed by atoms with Crippen LogP contribution in [0, 0.1) is 29.6 Å². The van der Waals surface area contributed by atoms with Crippen LogP contribution in [0.3, 0.4) is 0 Å². The Kier molecular flexibility index (Phi) is 59.4. The van der Waals surface area contributed by atoms with Gasteiger partial charge in [0.2, 0.25) is 100 Å². The van der Waals surface area contributed by atoms with Crippen LogP contribution in [0.1, 0.15) is 237 Å². The minimum absolute atomic E-state index is 0.0101.